The number of ether oxygens (including phenoxy) is 1. The number of nitrogens with one attached hydrogen (secondary N) is 1. The highest BCUT2D eigenvalue weighted by Crippen LogP contribution is 2.38. The third kappa shape index (κ3) is 3.56. The van der Waals surface area contributed by atoms with E-state index in [-0.39, 0.29) is 6.04 Å². The minimum atomic E-state index is 0.266. The molecule has 2 aromatic rings. The van der Waals surface area contributed by atoms with Crippen molar-refractivity contribution in [3.05, 3.63) is 54.1 Å². The summed E-state index contributed by atoms with van der Waals surface area (Å²) in [5.41, 5.74) is 1.23. The summed E-state index contributed by atoms with van der Waals surface area (Å²) < 4.78 is 5.54. The quantitative estimate of drug-likeness (QED) is 0.844. The van der Waals surface area contributed by atoms with Gasteiger partial charge < -0.3 is 10.1 Å². The van der Waals surface area contributed by atoms with E-state index in [1.807, 2.05) is 18.2 Å². The summed E-state index contributed by atoms with van der Waals surface area (Å²) in [6.45, 7) is 5.24. The van der Waals surface area contributed by atoms with Gasteiger partial charge >= 0.3 is 0 Å². The highest BCUT2D eigenvalue weighted by Gasteiger charge is 2.16. The molecule has 0 aliphatic carbocycles. The molecule has 0 aliphatic rings. The summed E-state index contributed by atoms with van der Waals surface area (Å²) in [6.07, 6.45) is 0. The first-order valence-corrected chi connectivity index (χ1v) is 7.71. The zero-order chi connectivity index (χ0) is 14.4. The summed E-state index contributed by atoms with van der Waals surface area (Å²) in [5.74, 6) is 0.944. The second-order valence-corrected chi connectivity index (χ2v) is 5.68. The van der Waals surface area contributed by atoms with Crippen molar-refractivity contribution in [1.29, 1.82) is 0 Å². The fraction of sp³-hybridized carbons (Fsp3) is 0.294. The highest BCUT2D eigenvalue weighted by molar-refractivity contribution is 7.99. The molecule has 1 N–H and O–H groups in total. The van der Waals surface area contributed by atoms with Gasteiger partial charge in [-0.2, -0.15) is 0 Å². The average molecular weight is 287 g/mol. The van der Waals surface area contributed by atoms with E-state index in [0.717, 1.165) is 12.3 Å². The van der Waals surface area contributed by atoms with Crippen molar-refractivity contribution in [2.24, 2.45) is 0 Å². The van der Waals surface area contributed by atoms with Crippen molar-refractivity contribution in [2.45, 2.75) is 29.7 Å². The fourth-order valence-electron chi connectivity index (χ4n) is 2.24. The van der Waals surface area contributed by atoms with E-state index in [0.29, 0.717) is 0 Å². The van der Waals surface area contributed by atoms with Gasteiger partial charge in [0, 0.05) is 21.4 Å². The number of methoxy groups -OCH3 is 1. The second-order valence-electron chi connectivity index (χ2n) is 4.57. The summed E-state index contributed by atoms with van der Waals surface area (Å²) in [4.78, 5) is 2.48. The molecule has 0 fully saturated rings. The molecule has 0 bridgehead atoms. The van der Waals surface area contributed by atoms with E-state index in [1.54, 1.807) is 18.9 Å². The van der Waals surface area contributed by atoms with Crippen LogP contribution in [0.5, 0.6) is 5.75 Å². The van der Waals surface area contributed by atoms with E-state index in [2.05, 4.69) is 49.5 Å². The van der Waals surface area contributed by atoms with Gasteiger partial charge in [0.25, 0.3) is 0 Å². The number of hydrogen-bond acceptors (Lipinski definition) is 3. The summed E-state index contributed by atoms with van der Waals surface area (Å²) >= 11 is 1.78. The van der Waals surface area contributed by atoms with Gasteiger partial charge in [0.2, 0.25) is 0 Å². The SMILES string of the molecule is CCNC(C)c1c(OC)cccc1Sc1ccccc1. The first-order chi connectivity index (χ1) is 9.76. The Kier molecular flexibility index (Phi) is 5.50. The second kappa shape index (κ2) is 7.36. The van der Waals surface area contributed by atoms with Crippen LogP contribution in [-0.2, 0) is 0 Å². The Morgan fingerprint density at radius 3 is 2.50 bits per heavy atom. The lowest BCUT2D eigenvalue weighted by Gasteiger charge is -2.20. The Morgan fingerprint density at radius 1 is 1.10 bits per heavy atom. The molecule has 0 radical (unpaired) electrons. The molecule has 0 heterocycles. The summed E-state index contributed by atoms with van der Waals surface area (Å²) in [7, 11) is 1.73. The Balaban J connectivity index is 2.36. The third-order valence-electron chi connectivity index (χ3n) is 3.16. The maximum Gasteiger partial charge on any atom is 0.124 e. The largest absolute Gasteiger partial charge is 0.496 e. The molecule has 2 aromatic carbocycles. The maximum atomic E-state index is 5.54. The molecular formula is C17H21NOS. The number of rotatable bonds is 6. The molecule has 106 valence electrons. The monoisotopic (exact) mass is 287 g/mol. The average Bonchev–Trinajstić information content (AvgIpc) is 2.48. The first kappa shape index (κ1) is 14.9. The summed E-state index contributed by atoms with van der Waals surface area (Å²) in [6, 6.07) is 16.9. The minimum Gasteiger partial charge on any atom is -0.496 e. The van der Waals surface area contributed by atoms with E-state index in [9.17, 15) is 0 Å². The minimum absolute atomic E-state index is 0.266. The Labute approximate surface area is 125 Å². The van der Waals surface area contributed by atoms with Gasteiger partial charge in [0.1, 0.15) is 5.75 Å². The zero-order valence-electron chi connectivity index (χ0n) is 12.2. The van der Waals surface area contributed by atoms with Crippen LogP contribution < -0.4 is 10.1 Å². The molecule has 2 rings (SSSR count). The molecule has 20 heavy (non-hydrogen) atoms. The van der Waals surface area contributed by atoms with Crippen LogP contribution >= 0.6 is 11.8 Å². The summed E-state index contributed by atoms with van der Waals surface area (Å²) in [5, 5.41) is 3.47. The van der Waals surface area contributed by atoms with E-state index in [4.69, 9.17) is 4.74 Å². The lowest BCUT2D eigenvalue weighted by atomic mass is 10.1. The predicted octanol–water partition coefficient (Wildman–Crippen LogP) is 4.52. The maximum absolute atomic E-state index is 5.54. The molecule has 1 unspecified atom stereocenters. The molecule has 3 heteroatoms. The van der Waals surface area contributed by atoms with Crippen LogP contribution in [0, 0.1) is 0 Å². The van der Waals surface area contributed by atoms with Crippen molar-refractivity contribution in [3.8, 4) is 5.75 Å². The molecular weight excluding hydrogens is 266 g/mol. The Bertz CT molecular complexity index is 542. The third-order valence-corrected chi connectivity index (χ3v) is 4.24. The van der Waals surface area contributed by atoms with E-state index < -0.39 is 0 Å². The standard InChI is InChI=1S/C17H21NOS/c1-4-18-13(2)17-15(19-3)11-8-12-16(17)20-14-9-6-5-7-10-14/h5-13,18H,4H2,1-3H3. The molecule has 0 amide bonds. The van der Waals surface area contributed by atoms with Crippen molar-refractivity contribution in [2.75, 3.05) is 13.7 Å². The van der Waals surface area contributed by atoms with E-state index in [1.165, 1.54) is 15.4 Å². The van der Waals surface area contributed by atoms with Crippen LogP contribution in [0.25, 0.3) is 0 Å². The fourth-order valence-corrected chi connectivity index (χ4v) is 3.32. The van der Waals surface area contributed by atoms with Crippen LogP contribution in [0.1, 0.15) is 25.5 Å². The molecule has 0 saturated heterocycles. The normalized spacial score (nSPS) is 12.2. The van der Waals surface area contributed by atoms with Gasteiger partial charge in [-0.3, -0.25) is 0 Å². The lowest BCUT2D eigenvalue weighted by Crippen LogP contribution is -2.19. The first-order valence-electron chi connectivity index (χ1n) is 6.89. The molecule has 1 atom stereocenters. The van der Waals surface area contributed by atoms with Gasteiger partial charge in [0.05, 0.1) is 7.11 Å². The molecule has 0 aromatic heterocycles. The van der Waals surface area contributed by atoms with Crippen molar-refractivity contribution in [3.63, 3.8) is 0 Å². The van der Waals surface area contributed by atoms with Crippen molar-refractivity contribution >= 4 is 11.8 Å². The van der Waals surface area contributed by atoms with Crippen LogP contribution in [-0.4, -0.2) is 13.7 Å². The topological polar surface area (TPSA) is 21.3 Å². The van der Waals surface area contributed by atoms with Gasteiger partial charge in [-0.1, -0.05) is 43.0 Å². The van der Waals surface area contributed by atoms with Crippen LogP contribution in [0.3, 0.4) is 0 Å². The smallest absolute Gasteiger partial charge is 0.124 e. The molecule has 2 nitrogen and oxygen atoms in total. The highest BCUT2D eigenvalue weighted by atomic mass is 32.2. The van der Waals surface area contributed by atoms with Crippen LogP contribution in [0.2, 0.25) is 0 Å². The molecule has 0 saturated carbocycles. The number of benzene rings is 2. The Morgan fingerprint density at radius 2 is 1.85 bits per heavy atom. The zero-order valence-corrected chi connectivity index (χ0v) is 13.0. The van der Waals surface area contributed by atoms with Crippen molar-refractivity contribution in [1.82, 2.24) is 5.32 Å². The Hall–Kier alpha value is -1.45. The van der Waals surface area contributed by atoms with Gasteiger partial charge in [-0.25, -0.2) is 0 Å². The molecule has 0 spiro atoms. The predicted molar refractivity (Wildman–Crippen MR) is 85.7 cm³/mol. The van der Waals surface area contributed by atoms with Crippen molar-refractivity contribution < 1.29 is 4.74 Å². The van der Waals surface area contributed by atoms with Gasteiger partial charge in [-0.15, -0.1) is 0 Å². The lowest BCUT2D eigenvalue weighted by molar-refractivity contribution is 0.400. The van der Waals surface area contributed by atoms with Crippen LogP contribution in [0.4, 0.5) is 0 Å². The number of hydrogen-bond donors (Lipinski definition) is 1. The van der Waals surface area contributed by atoms with E-state index >= 15 is 0 Å². The van der Waals surface area contributed by atoms with Crippen LogP contribution in [0.15, 0.2) is 58.3 Å². The molecule has 0 aliphatic heterocycles. The van der Waals surface area contributed by atoms with Gasteiger partial charge in [0.15, 0.2) is 0 Å². The van der Waals surface area contributed by atoms with Gasteiger partial charge in [-0.05, 0) is 37.7 Å².